The van der Waals surface area contributed by atoms with E-state index in [1.54, 1.807) is 29.4 Å². The Morgan fingerprint density at radius 1 is 1.31 bits per heavy atom. The van der Waals surface area contributed by atoms with Gasteiger partial charge in [0.05, 0.1) is 42.0 Å². The van der Waals surface area contributed by atoms with Crippen LogP contribution in [0.2, 0.25) is 0 Å². The predicted octanol–water partition coefficient (Wildman–Crippen LogP) is 3.63. The van der Waals surface area contributed by atoms with E-state index in [0.717, 1.165) is 5.76 Å². The highest BCUT2D eigenvalue weighted by molar-refractivity contribution is 8.03. The van der Waals surface area contributed by atoms with E-state index in [0.29, 0.717) is 35.3 Å². The maximum absolute atomic E-state index is 14.2. The lowest BCUT2D eigenvalue weighted by molar-refractivity contribution is -0.132. The molecule has 0 unspecified atom stereocenters. The third-order valence-corrected chi connectivity index (χ3v) is 5.80. The highest BCUT2D eigenvalue weighted by Crippen LogP contribution is 2.43. The molecule has 1 aromatic carbocycles. The second kappa shape index (κ2) is 6.98. The van der Waals surface area contributed by atoms with Gasteiger partial charge in [0.2, 0.25) is 5.91 Å². The molecule has 1 atom stereocenters. The number of benzene rings is 1. The fourth-order valence-electron chi connectivity index (χ4n) is 3.35. The molecule has 0 aliphatic carbocycles. The third-order valence-electron chi connectivity index (χ3n) is 4.59. The van der Waals surface area contributed by atoms with Gasteiger partial charge in [-0.3, -0.25) is 14.6 Å². The molecule has 2 aromatic rings. The zero-order valence-electron chi connectivity index (χ0n) is 13.9. The van der Waals surface area contributed by atoms with Crippen molar-refractivity contribution < 1.29 is 13.6 Å². The Morgan fingerprint density at radius 2 is 2.15 bits per heavy atom. The standard InChI is InChI=1S/C19H16FN3O2S/c20-17-6-2-1-5-14(17)15-8-18(24)23-11-22(10-13-4-3-7-25-13)12-26-19(23)16(15)9-21/h1-7,15H,8,10-12H2/t15-/m1/s1. The van der Waals surface area contributed by atoms with Gasteiger partial charge in [-0.2, -0.15) is 5.26 Å². The number of hydrogen-bond acceptors (Lipinski definition) is 5. The third kappa shape index (κ3) is 3.02. The maximum atomic E-state index is 14.2. The Morgan fingerprint density at radius 3 is 2.88 bits per heavy atom. The van der Waals surface area contributed by atoms with E-state index in [-0.39, 0.29) is 18.1 Å². The van der Waals surface area contributed by atoms with Gasteiger partial charge < -0.3 is 4.42 Å². The van der Waals surface area contributed by atoms with Crippen molar-refractivity contribution in [2.45, 2.75) is 18.9 Å². The molecule has 1 saturated heterocycles. The van der Waals surface area contributed by atoms with Gasteiger partial charge >= 0.3 is 0 Å². The van der Waals surface area contributed by atoms with Crippen LogP contribution in [0, 0.1) is 17.1 Å². The van der Waals surface area contributed by atoms with Crippen molar-refractivity contribution >= 4 is 17.7 Å². The number of thioether (sulfide) groups is 1. The van der Waals surface area contributed by atoms with Gasteiger partial charge in [0.15, 0.2) is 0 Å². The number of nitrogens with zero attached hydrogens (tertiary/aromatic N) is 3. The molecule has 4 rings (SSSR count). The van der Waals surface area contributed by atoms with Crippen LogP contribution in [0.3, 0.4) is 0 Å². The van der Waals surface area contributed by atoms with Crippen LogP contribution in [0.5, 0.6) is 0 Å². The smallest absolute Gasteiger partial charge is 0.229 e. The Labute approximate surface area is 154 Å². The molecule has 2 aliphatic heterocycles. The minimum absolute atomic E-state index is 0.0936. The van der Waals surface area contributed by atoms with Crippen LogP contribution in [0.25, 0.3) is 0 Å². The molecule has 1 fully saturated rings. The SMILES string of the molecule is N#CC1=C2SCN(Cc3ccco3)CN2C(=O)C[C@@H]1c1ccccc1F. The second-order valence-corrected chi connectivity index (χ2v) is 7.19. The molecule has 5 nitrogen and oxygen atoms in total. The molecular formula is C19H16FN3O2S. The van der Waals surface area contributed by atoms with Crippen molar-refractivity contribution in [1.29, 1.82) is 5.26 Å². The first-order valence-corrected chi connectivity index (χ1v) is 9.22. The Balaban J connectivity index is 1.63. The molecule has 0 radical (unpaired) electrons. The van der Waals surface area contributed by atoms with Crippen LogP contribution in [-0.4, -0.2) is 28.3 Å². The molecule has 1 amide bonds. The Kier molecular flexibility index (Phi) is 4.53. The fraction of sp³-hybridized carbons (Fsp3) is 0.263. The largest absolute Gasteiger partial charge is 0.468 e. The number of amides is 1. The highest BCUT2D eigenvalue weighted by atomic mass is 32.2. The van der Waals surface area contributed by atoms with Gasteiger partial charge in [0.1, 0.15) is 11.6 Å². The summed E-state index contributed by atoms with van der Waals surface area (Å²) in [7, 11) is 0. The second-order valence-electron chi connectivity index (χ2n) is 6.25. The minimum atomic E-state index is -0.524. The number of fused-ring (bicyclic) bond motifs is 1. The van der Waals surface area contributed by atoms with Crippen molar-refractivity contribution in [2.75, 3.05) is 12.5 Å². The van der Waals surface area contributed by atoms with E-state index in [9.17, 15) is 14.4 Å². The number of furan rings is 1. The number of allylic oxidation sites excluding steroid dienone is 1. The number of carbonyl (C=O) groups excluding carboxylic acids is 1. The van der Waals surface area contributed by atoms with Crippen molar-refractivity contribution in [2.24, 2.45) is 0 Å². The van der Waals surface area contributed by atoms with E-state index < -0.39 is 5.92 Å². The topological polar surface area (TPSA) is 60.5 Å². The molecule has 2 aliphatic rings. The van der Waals surface area contributed by atoms with Crippen LogP contribution in [-0.2, 0) is 11.3 Å². The Bertz CT molecular complexity index is 904. The van der Waals surface area contributed by atoms with Crippen LogP contribution in [0.1, 0.15) is 23.7 Å². The summed E-state index contributed by atoms with van der Waals surface area (Å²) >= 11 is 1.44. The quantitative estimate of drug-likeness (QED) is 0.827. The van der Waals surface area contributed by atoms with Crippen molar-refractivity contribution in [3.63, 3.8) is 0 Å². The lowest BCUT2D eigenvalue weighted by atomic mass is 9.86. The summed E-state index contributed by atoms with van der Waals surface area (Å²) in [5, 5.41) is 10.3. The first-order valence-electron chi connectivity index (χ1n) is 8.24. The summed E-state index contributed by atoms with van der Waals surface area (Å²) in [5.74, 6) is 0.460. The molecule has 7 heteroatoms. The molecule has 26 heavy (non-hydrogen) atoms. The number of rotatable bonds is 3. The number of hydrogen-bond donors (Lipinski definition) is 0. The van der Waals surface area contributed by atoms with E-state index in [4.69, 9.17) is 4.42 Å². The lowest BCUT2D eigenvalue weighted by Crippen LogP contribution is -2.46. The molecule has 3 heterocycles. The molecule has 0 spiro atoms. The normalized spacial score (nSPS) is 20.8. The maximum Gasteiger partial charge on any atom is 0.229 e. The van der Waals surface area contributed by atoms with Crippen molar-refractivity contribution in [1.82, 2.24) is 9.80 Å². The van der Waals surface area contributed by atoms with Crippen LogP contribution in [0.15, 0.2) is 57.7 Å². The van der Waals surface area contributed by atoms with Gasteiger partial charge in [-0.1, -0.05) is 30.0 Å². The van der Waals surface area contributed by atoms with Crippen LogP contribution >= 0.6 is 11.8 Å². The first-order chi connectivity index (χ1) is 12.7. The molecule has 0 N–H and O–H groups in total. The van der Waals surface area contributed by atoms with Gasteiger partial charge in [-0.05, 0) is 23.8 Å². The summed E-state index contributed by atoms with van der Waals surface area (Å²) < 4.78 is 19.6. The van der Waals surface area contributed by atoms with Gasteiger partial charge in [0.25, 0.3) is 0 Å². The first kappa shape index (κ1) is 16.9. The van der Waals surface area contributed by atoms with Gasteiger partial charge in [-0.25, -0.2) is 4.39 Å². The molecular weight excluding hydrogens is 353 g/mol. The summed E-state index contributed by atoms with van der Waals surface area (Å²) in [5.41, 5.74) is 0.875. The predicted molar refractivity (Wildman–Crippen MR) is 94.8 cm³/mol. The number of halogens is 1. The van der Waals surface area contributed by atoms with Crippen LogP contribution < -0.4 is 0 Å². The van der Waals surface area contributed by atoms with Gasteiger partial charge in [-0.15, -0.1) is 0 Å². The van der Waals surface area contributed by atoms with E-state index in [1.807, 2.05) is 12.1 Å². The molecule has 0 bridgehead atoms. The average Bonchev–Trinajstić information content (AvgIpc) is 3.15. The monoisotopic (exact) mass is 369 g/mol. The Hall–Kier alpha value is -2.56. The summed E-state index contributed by atoms with van der Waals surface area (Å²) in [6, 6.07) is 12.3. The van der Waals surface area contributed by atoms with E-state index in [1.165, 1.54) is 17.8 Å². The van der Waals surface area contributed by atoms with Crippen molar-refractivity contribution in [3.8, 4) is 6.07 Å². The summed E-state index contributed by atoms with van der Waals surface area (Å²) in [4.78, 5) is 16.4. The van der Waals surface area contributed by atoms with E-state index in [2.05, 4.69) is 11.0 Å². The summed E-state index contributed by atoms with van der Waals surface area (Å²) in [6.45, 7) is 0.993. The minimum Gasteiger partial charge on any atom is -0.468 e. The number of carbonyl (C=O) groups is 1. The zero-order valence-corrected chi connectivity index (χ0v) is 14.7. The van der Waals surface area contributed by atoms with Gasteiger partial charge in [0, 0.05) is 12.3 Å². The fourth-order valence-corrected chi connectivity index (χ4v) is 4.49. The molecule has 0 saturated carbocycles. The van der Waals surface area contributed by atoms with Crippen molar-refractivity contribution in [3.05, 3.63) is 70.4 Å². The van der Waals surface area contributed by atoms with Crippen LogP contribution in [0.4, 0.5) is 4.39 Å². The molecule has 132 valence electrons. The number of nitriles is 1. The lowest BCUT2D eigenvalue weighted by Gasteiger charge is -2.41. The zero-order chi connectivity index (χ0) is 18.1. The average molecular weight is 369 g/mol. The molecule has 1 aromatic heterocycles. The summed E-state index contributed by atoms with van der Waals surface area (Å²) in [6.07, 6.45) is 1.72. The van der Waals surface area contributed by atoms with E-state index >= 15 is 0 Å². The highest BCUT2D eigenvalue weighted by Gasteiger charge is 2.39.